The van der Waals surface area contributed by atoms with E-state index in [4.69, 9.17) is 17.5 Å². The number of hydrogen-bond acceptors (Lipinski definition) is 3. The van der Waals surface area contributed by atoms with Crippen LogP contribution in [0.25, 0.3) is 0 Å². The SMILES string of the molecule is O=S(=O)(O)O.[Na][c]1ccccn1. The van der Waals surface area contributed by atoms with Crippen molar-refractivity contribution in [2.45, 2.75) is 0 Å². The van der Waals surface area contributed by atoms with Crippen LogP contribution in [-0.2, 0) is 10.4 Å². The summed E-state index contributed by atoms with van der Waals surface area (Å²) in [6.07, 6.45) is 1.82. The van der Waals surface area contributed by atoms with Gasteiger partial charge in [0, 0.05) is 0 Å². The molecule has 1 aromatic rings. The van der Waals surface area contributed by atoms with E-state index in [0.717, 1.165) is 27.9 Å². The van der Waals surface area contributed by atoms with E-state index in [0.29, 0.717) is 0 Å². The number of nitrogens with zero attached hydrogens (tertiary/aromatic N) is 1. The van der Waals surface area contributed by atoms with Gasteiger partial charge in [-0.3, -0.25) is 9.11 Å². The number of rotatable bonds is 0. The summed E-state index contributed by atoms with van der Waals surface area (Å²) in [5.74, 6) is 0. The molecule has 0 radical (unpaired) electrons. The van der Waals surface area contributed by atoms with Gasteiger partial charge in [0.25, 0.3) is 0 Å². The van der Waals surface area contributed by atoms with Crippen molar-refractivity contribution in [2.24, 2.45) is 0 Å². The molecule has 62 valence electrons. The van der Waals surface area contributed by atoms with Crippen molar-refractivity contribution in [1.29, 1.82) is 0 Å². The van der Waals surface area contributed by atoms with Crippen LogP contribution in [0.15, 0.2) is 24.4 Å². The summed E-state index contributed by atoms with van der Waals surface area (Å²) in [5.41, 5.74) is 0. The normalized spacial score (nSPS) is 10.0. The molecule has 0 aromatic carbocycles. The van der Waals surface area contributed by atoms with Gasteiger partial charge in [-0.05, 0) is 0 Å². The Morgan fingerprint density at radius 3 is 2.00 bits per heavy atom. The summed E-state index contributed by atoms with van der Waals surface area (Å²) in [6, 6.07) is 5.98. The topological polar surface area (TPSA) is 87.5 Å². The van der Waals surface area contributed by atoms with E-state index >= 15 is 0 Å². The standard InChI is InChI=1S/C5H4N.Na.H2O4S/c1-2-4-6-5-3-1;;1-5(2,3)4/h1-4H;;(H2,1,2,3,4). The summed E-state index contributed by atoms with van der Waals surface area (Å²) in [7, 11) is -4.67. The molecule has 0 aliphatic carbocycles. The van der Waals surface area contributed by atoms with Crippen molar-refractivity contribution in [3.8, 4) is 0 Å². The molecule has 0 amide bonds. The van der Waals surface area contributed by atoms with E-state index in [1.807, 2.05) is 24.4 Å². The van der Waals surface area contributed by atoms with E-state index < -0.39 is 10.4 Å². The van der Waals surface area contributed by atoms with Gasteiger partial charge in [-0.15, -0.1) is 0 Å². The van der Waals surface area contributed by atoms with Gasteiger partial charge in [-0.25, -0.2) is 0 Å². The molecule has 1 rings (SSSR count). The fourth-order valence-corrected chi connectivity index (χ4v) is 0.790. The number of aromatic nitrogens is 1. The molecule has 0 bridgehead atoms. The Balaban J connectivity index is 0.000000217. The molecule has 1 heterocycles. The molecule has 0 spiro atoms. The molecule has 0 fully saturated rings. The summed E-state index contributed by atoms with van der Waals surface area (Å²) < 4.78 is 32.8. The average Bonchev–Trinajstić information content (AvgIpc) is 1.85. The molecule has 12 heavy (non-hydrogen) atoms. The van der Waals surface area contributed by atoms with Gasteiger partial charge in [0.2, 0.25) is 0 Å². The van der Waals surface area contributed by atoms with E-state index in [1.54, 1.807) is 0 Å². The summed E-state index contributed by atoms with van der Waals surface area (Å²) in [4.78, 5) is 4.04. The Morgan fingerprint density at radius 2 is 1.83 bits per heavy atom. The van der Waals surface area contributed by atoms with Crippen LogP contribution < -0.4 is 2.94 Å². The van der Waals surface area contributed by atoms with Gasteiger partial charge in [-0.1, -0.05) is 0 Å². The first-order chi connectivity index (χ1) is 5.39. The van der Waals surface area contributed by atoms with Gasteiger partial charge in [0.15, 0.2) is 0 Å². The zero-order valence-electron chi connectivity index (χ0n) is 6.38. The second-order valence-electron chi connectivity index (χ2n) is 1.92. The van der Waals surface area contributed by atoms with E-state index in [-0.39, 0.29) is 0 Å². The van der Waals surface area contributed by atoms with Crippen LogP contribution in [0.5, 0.6) is 0 Å². The molecule has 0 saturated carbocycles. The second-order valence-corrected chi connectivity index (χ2v) is 3.84. The number of hydrogen-bond donors (Lipinski definition) is 2. The van der Waals surface area contributed by atoms with Crippen LogP contribution in [0.3, 0.4) is 0 Å². The monoisotopic (exact) mass is 199 g/mol. The molecular formula is C5H6NNaO4S. The minimum absolute atomic E-state index is 1.06. The third-order valence-corrected chi connectivity index (χ3v) is 1.40. The third-order valence-electron chi connectivity index (χ3n) is 0.813. The van der Waals surface area contributed by atoms with Crippen LogP contribution in [0.2, 0.25) is 0 Å². The Labute approximate surface area is 87.8 Å². The molecule has 5 nitrogen and oxygen atoms in total. The zero-order chi connectivity index (χ0) is 9.61. The molecule has 0 unspecified atom stereocenters. The van der Waals surface area contributed by atoms with Gasteiger partial charge in [-0.2, -0.15) is 8.42 Å². The average molecular weight is 199 g/mol. The Morgan fingerprint density at radius 1 is 1.33 bits per heavy atom. The van der Waals surface area contributed by atoms with E-state index in [1.165, 1.54) is 2.94 Å². The van der Waals surface area contributed by atoms with E-state index in [9.17, 15) is 0 Å². The minimum atomic E-state index is -4.67. The van der Waals surface area contributed by atoms with Gasteiger partial charge < -0.3 is 0 Å². The molecule has 1 aromatic heterocycles. The molecule has 0 aliphatic heterocycles. The van der Waals surface area contributed by atoms with Crippen molar-refractivity contribution in [2.75, 3.05) is 0 Å². The van der Waals surface area contributed by atoms with Crippen LogP contribution in [0, 0.1) is 0 Å². The molecular weight excluding hydrogens is 193 g/mol. The van der Waals surface area contributed by atoms with Crippen molar-refractivity contribution < 1.29 is 17.5 Å². The van der Waals surface area contributed by atoms with Crippen LogP contribution in [0.1, 0.15) is 0 Å². The Kier molecular flexibility index (Phi) is 5.64. The zero-order valence-corrected chi connectivity index (χ0v) is 9.19. The summed E-state index contributed by atoms with van der Waals surface area (Å²) in [5, 5.41) is 0. The van der Waals surface area contributed by atoms with E-state index in [2.05, 4.69) is 4.98 Å². The van der Waals surface area contributed by atoms with Crippen molar-refractivity contribution in [1.82, 2.24) is 4.98 Å². The maximum absolute atomic E-state index is 8.74. The van der Waals surface area contributed by atoms with Crippen molar-refractivity contribution >= 4 is 41.3 Å². The fraction of sp³-hybridized carbons (Fsp3) is 0. The molecule has 0 aliphatic rings. The van der Waals surface area contributed by atoms with Crippen LogP contribution in [-0.4, -0.2) is 50.4 Å². The van der Waals surface area contributed by atoms with Crippen LogP contribution in [0.4, 0.5) is 0 Å². The predicted octanol–water partition coefficient (Wildman–Crippen LogP) is -0.777. The van der Waals surface area contributed by atoms with Crippen LogP contribution >= 0.6 is 0 Å². The second kappa shape index (κ2) is 5.63. The number of pyridine rings is 1. The first-order valence-electron chi connectivity index (χ1n) is 2.97. The first-order valence-corrected chi connectivity index (χ1v) is 5.37. The maximum atomic E-state index is 8.74. The van der Waals surface area contributed by atoms with Gasteiger partial charge >= 0.3 is 70.7 Å². The first kappa shape index (κ1) is 12.0. The molecule has 7 heteroatoms. The summed E-state index contributed by atoms with van der Waals surface area (Å²) in [6.45, 7) is 0. The molecule has 0 atom stereocenters. The Bertz CT molecular complexity index is 303. The Hall–Kier alpha value is 0.0200. The van der Waals surface area contributed by atoms with Crippen molar-refractivity contribution in [3.05, 3.63) is 24.4 Å². The quantitative estimate of drug-likeness (QED) is 0.423. The molecule has 2 N–H and O–H groups in total. The summed E-state index contributed by atoms with van der Waals surface area (Å²) >= 11 is 1.06. The molecule has 0 saturated heterocycles. The van der Waals surface area contributed by atoms with Gasteiger partial charge in [0.1, 0.15) is 0 Å². The predicted molar refractivity (Wildman–Crippen MR) is 43.8 cm³/mol. The third kappa shape index (κ3) is 12.7. The van der Waals surface area contributed by atoms with Gasteiger partial charge in [0.05, 0.1) is 0 Å². The van der Waals surface area contributed by atoms with Crippen molar-refractivity contribution in [3.63, 3.8) is 0 Å². The fourth-order valence-electron chi connectivity index (χ4n) is 0.448.